The summed E-state index contributed by atoms with van der Waals surface area (Å²) in [6, 6.07) is 6.33. The van der Waals surface area contributed by atoms with Gasteiger partial charge in [-0.2, -0.15) is 5.26 Å². The molecule has 1 N–H and O–H groups in total. The number of pyridine rings is 1. The maximum atomic E-state index is 12.5. The Morgan fingerprint density at radius 1 is 1.38 bits per heavy atom. The molecule has 1 unspecified atom stereocenters. The summed E-state index contributed by atoms with van der Waals surface area (Å²) in [4.78, 5) is 23.2. The van der Waals surface area contributed by atoms with Gasteiger partial charge in [0.05, 0.1) is 5.56 Å². The number of amides is 1. The smallest absolute Gasteiger partial charge is 0.223 e. The van der Waals surface area contributed by atoms with E-state index in [-0.39, 0.29) is 5.91 Å². The van der Waals surface area contributed by atoms with Crippen LogP contribution in [-0.4, -0.2) is 79.6 Å². The number of aromatic nitrogens is 1. The molecular formula is C19H28N6O. The third-order valence-electron chi connectivity index (χ3n) is 5.24. The van der Waals surface area contributed by atoms with Crippen LogP contribution >= 0.6 is 0 Å². The number of nitrogens with one attached hydrogen (secondary N) is 1. The van der Waals surface area contributed by atoms with Gasteiger partial charge in [0.15, 0.2) is 0 Å². The second-order valence-corrected chi connectivity index (χ2v) is 7.19. The lowest BCUT2D eigenvalue weighted by Gasteiger charge is -2.35. The molecule has 0 saturated carbocycles. The number of piperazine rings is 1. The van der Waals surface area contributed by atoms with Crippen LogP contribution in [0.1, 0.15) is 24.8 Å². The minimum Gasteiger partial charge on any atom is -0.353 e. The van der Waals surface area contributed by atoms with Crippen molar-refractivity contribution in [1.29, 1.82) is 5.26 Å². The van der Waals surface area contributed by atoms with Crippen LogP contribution in [-0.2, 0) is 4.79 Å². The first-order chi connectivity index (χ1) is 12.7. The van der Waals surface area contributed by atoms with Crippen LogP contribution in [0.25, 0.3) is 0 Å². The molecule has 3 rings (SSSR count). The molecule has 140 valence electrons. The van der Waals surface area contributed by atoms with Crippen molar-refractivity contribution in [3.05, 3.63) is 23.9 Å². The van der Waals surface area contributed by atoms with Gasteiger partial charge in [0.1, 0.15) is 11.9 Å². The molecule has 0 spiro atoms. The van der Waals surface area contributed by atoms with Gasteiger partial charge in [-0.3, -0.25) is 4.79 Å². The fourth-order valence-corrected chi connectivity index (χ4v) is 3.65. The summed E-state index contributed by atoms with van der Waals surface area (Å²) < 4.78 is 0. The molecule has 1 amide bonds. The lowest BCUT2D eigenvalue weighted by Crippen LogP contribution is -2.49. The van der Waals surface area contributed by atoms with E-state index < -0.39 is 0 Å². The van der Waals surface area contributed by atoms with Gasteiger partial charge in [-0.15, -0.1) is 0 Å². The van der Waals surface area contributed by atoms with Crippen molar-refractivity contribution in [2.24, 2.45) is 0 Å². The van der Waals surface area contributed by atoms with Gasteiger partial charge in [-0.25, -0.2) is 4.98 Å². The van der Waals surface area contributed by atoms with Crippen molar-refractivity contribution in [2.75, 3.05) is 57.8 Å². The summed E-state index contributed by atoms with van der Waals surface area (Å²) in [6.07, 6.45) is 4.68. The van der Waals surface area contributed by atoms with Gasteiger partial charge < -0.3 is 20.0 Å². The minimum absolute atomic E-state index is 0.240. The molecule has 1 aromatic rings. The third kappa shape index (κ3) is 4.93. The number of rotatable bonds is 6. The van der Waals surface area contributed by atoms with E-state index in [9.17, 15) is 4.79 Å². The average molecular weight is 356 g/mol. The molecule has 0 bridgehead atoms. The van der Waals surface area contributed by atoms with Crippen LogP contribution in [0, 0.1) is 11.3 Å². The molecule has 2 fully saturated rings. The Labute approximate surface area is 155 Å². The van der Waals surface area contributed by atoms with Crippen molar-refractivity contribution in [3.63, 3.8) is 0 Å². The average Bonchev–Trinajstić information content (AvgIpc) is 3.19. The van der Waals surface area contributed by atoms with Gasteiger partial charge in [-0.1, -0.05) is 0 Å². The van der Waals surface area contributed by atoms with E-state index in [4.69, 9.17) is 5.26 Å². The standard InChI is InChI=1S/C19H28N6O/c1-23(15-17-3-2-7-21-17)8-6-19(26)25-11-9-24(10-12-25)18-5-4-16(13-20)14-22-18/h4-5,14,17,21H,2-3,6-12,15H2,1H3. The molecule has 2 aliphatic rings. The number of nitrogens with zero attached hydrogens (tertiary/aromatic N) is 5. The Morgan fingerprint density at radius 2 is 2.19 bits per heavy atom. The summed E-state index contributed by atoms with van der Waals surface area (Å²) in [7, 11) is 2.10. The zero-order valence-corrected chi connectivity index (χ0v) is 15.5. The normalized spacial score (nSPS) is 20.4. The third-order valence-corrected chi connectivity index (χ3v) is 5.24. The maximum absolute atomic E-state index is 12.5. The van der Waals surface area contributed by atoms with Gasteiger partial charge in [0, 0.05) is 57.9 Å². The summed E-state index contributed by atoms with van der Waals surface area (Å²) in [5.41, 5.74) is 0.569. The van der Waals surface area contributed by atoms with Crippen molar-refractivity contribution >= 4 is 11.7 Å². The number of hydrogen-bond donors (Lipinski definition) is 1. The van der Waals surface area contributed by atoms with Gasteiger partial charge in [-0.05, 0) is 38.6 Å². The first kappa shape index (κ1) is 18.6. The van der Waals surface area contributed by atoms with E-state index >= 15 is 0 Å². The van der Waals surface area contributed by atoms with Crippen molar-refractivity contribution < 1.29 is 4.79 Å². The van der Waals surface area contributed by atoms with Crippen LogP contribution in [0.2, 0.25) is 0 Å². The van der Waals surface area contributed by atoms with Crippen LogP contribution in [0.4, 0.5) is 5.82 Å². The predicted molar refractivity (Wildman–Crippen MR) is 101 cm³/mol. The maximum Gasteiger partial charge on any atom is 0.223 e. The zero-order chi connectivity index (χ0) is 18.4. The first-order valence-corrected chi connectivity index (χ1v) is 9.46. The van der Waals surface area contributed by atoms with Crippen LogP contribution in [0.15, 0.2) is 18.3 Å². The molecule has 0 aliphatic carbocycles. The van der Waals surface area contributed by atoms with Crippen molar-refractivity contribution in [3.8, 4) is 6.07 Å². The van der Waals surface area contributed by atoms with E-state index in [2.05, 4.69) is 33.2 Å². The molecule has 1 atom stereocenters. The Kier molecular flexibility index (Phi) is 6.42. The quantitative estimate of drug-likeness (QED) is 0.808. The molecule has 2 saturated heterocycles. The van der Waals surface area contributed by atoms with Crippen molar-refractivity contribution in [2.45, 2.75) is 25.3 Å². The van der Waals surface area contributed by atoms with E-state index in [1.54, 1.807) is 12.3 Å². The molecule has 2 aliphatic heterocycles. The highest BCUT2D eigenvalue weighted by molar-refractivity contribution is 5.76. The number of nitriles is 1. The lowest BCUT2D eigenvalue weighted by molar-refractivity contribution is -0.131. The summed E-state index contributed by atoms with van der Waals surface area (Å²) >= 11 is 0. The molecule has 0 radical (unpaired) electrons. The van der Waals surface area contributed by atoms with Gasteiger partial charge in [0.25, 0.3) is 0 Å². The number of anilines is 1. The molecule has 3 heterocycles. The lowest BCUT2D eigenvalue weighted by atomic mass is 10.2. The molecule has 1 aromatic heterocycles. The van der Waals surface area contributed by atoms with Crippen molar-refractivity contribution in [1.82, 2.24) is 20.1 Å². The highest BCUT2D eigenvalue weighted by Gasteiger charge is 2.22. The Bertz CT molecular complexity index is 626. The predicted octanol–water partition coefficient (Wildman–Crippen LogP) is 0.676. The fraction of sp³-hybridized carbons (Fsp3) is 0.632. The number of carbonyl (C=O) groups excluding carboxylic acids is 1. The van der Waals surface area contributed by atoms with E-state index in [1.165, 1.54) is 12.8 Å². The molecule has 7 heteroatoms. The first-order valence-electron chi connectivity index (χ1n) is 9.46. The van der Waals surface area contributed by atoms with Crippen LogP contribution < -0.4 is 10.2 Å². The SMILES string of the molecule is CN(CCC(=O)N1CCN(c2ccc(C#N)cn2)CC1)CC1CCCN1. The van der Waals surface area contributed by atoms with E-state index in [0.29, 0.717) is 18.0 Å². The minimum atomic E-state index is 0.240. The fourth-order valence-electron chi connectivity index (χ4n) is 3.65. The molecule has 26 heavy (non-hydrogen) atoms. The van der Waals surface area contributed by atoms with E-state index in [1.807, 2.05) is 11.0 Å². The van der Waals surface area contributed by atoms with E-state index in [0.717, 1.165) is 51.6 Å². The number of carbonyl (C=O) groups is 1. The second-order valence-electron chi connectivity index (χ2n) is 7.19. The largest absolute Gasteiger partial charge is 0.353 e. The highest BCUT2D eigenvalue weighted by Crippen LogP contribution is 2.14. The van der Waals surface area contributed by atoms with Crippen LogP contribution in [0.5, 0.6) is 0 Å². The Morgan fingerprint density at radius 3 is 2.81 bits per heavy atom. The molecule has 0 aromatic carbocycles. The van der Waals surface area contributed by atoms with Crippen LogP contribution in [0.3, 0.4) is 0 Å². The highest BCUT2D eigenvalue weighted by atomic mass is 16.2. The van der Waals surface area contributed by atoms with Gasteiger partial charge in [0.2, 0.25) is 5.91 Å². The molecule has 7 nitrogen and oxygen atoms in total. The topological polar surface area (TPSA) is 75.5 Å². The number of likely N-dealkylation sites (N-methyl/N-ethyl adjacent to an activating group) is 1. The Hall–Kier alpha value is -2.17. The Balaban J connectivity index is 1.39. The summed E-state index contributed by atoms with van der Waals surface area (Å²) in [6.45, 7) is 5.98. The number of hydrogen-bond acceptors (Lipinski definition) is 6. The van der Waals surface area contributed by atoms with Gasteiger partial charge >= 0.3 is 0 Å². The second kappa shape index (κ2) is 8.97. The monoisotopic (exact) mass is 356 g/mol. The zero-order valence-electron chi connectivity index (χ0n) is 15.5. The summed E-state index contributed by atoms with van der Waals surface area (Å²) in [5.74, 6) is 1.11. The summed E-state index contributed by atoms with van der Waals surface area (Å²) in [5, 5.41) is 12.3. The molecular weight excluding hydrogens is 328 g/mol.